The largest absolute Gasteiger partial charge is 0.267 e. The molecule has 3 rings (SSSR count). The third-order valence-corrected chi connectivity index (χ3v) is 2.85. The highest BCUT2D eigenvalue weighted by molar-refractivity contribution is 7.80. The van der Waals surface area contributed by atoms with Crippen LogP contribution in [0.3, 0.4) is 0 Å². The molecule has 1 unspecified atom stereocenters. The topological polar surface area (TPSA) is 30.6 Å². The highest BCUT2D eigenvalue weighted by Gasteiger charge is 2.33. The van der Waals surface area contributed by atoms with Gasteiger partial charge in [0.2, 0.25) is 5.50 Å². The zero-order valence-corrected chi connectivity index (χ0v) is 10.5. The van der Waals surface area contributed by atoms with Crippen LogP contribution in [0.4, 0.5) is 11.4 Å². The Labute approximate surface area is 111 Å². The Bertz CT molecular complexity index is 556. The van der Waals surface area contributed by atoms with Gasteiger partial charge in [0.15, 0.2) is 0 Å². The summed E-state index contributed by atoms with van der Waals surface area (Å²) in [6.45, 7) is 0. The van der Waals surface area contributed by atoms with Crippen molar-refractivity contribution in [1.29, 1.82) is 0 Å². The van der Waals surface area contributed by atoms with Gasteiger partial charge in [0.05, 0.1) is 4.81 Å². The minimum absolute atomic E-state index is 0.245. The summed E-state index contributed by atoms with van der Waals surface area (Å²) in [6.07, 6.45) is 0. The fourth-order valence-corrected chi connectivity index (χ4v) is 2.05. The fraction of sp³-hybridized carbons (Fsp3) is 0.0769. The summed E-state index contributed by atoms with van der Waals surface area (Å²) in [4.78, 5) is 1.81. The van der Waals surface area contributed by atoms with E-state index in [-0.39, 0.29) is 5.50 Å². The lowest BCUT2D eigenvalue weighted by Crippen LogP contribution is -2.39. The number of thiol groups is 1. The second kappa shape index (κ2) is 4.80. The first-order chi connectivity index (χ1) is 8.84. The van der Waals surface area contributed by atoms with Crippen molar-refractivity contribution in [1.82, 2.24) is 5.43 Å². The van der Waals surface area contributed by atoms with Gasteiger partial charge in [0, 0.05) is 17.2 Å². The molecule has 5 heteroatoms. The summed E-state index contributed by atoms with van der Waals surface area (Å²) in [5, 5.41) is 6.31. The molecular formula is C13H13N4S+. The average Bonchev–Trinajstić information content (AvgIpc) is 2.83. The Morgan fingerprint density at radius 3 is 2.28 bits per heavy atom. The number of nitrogens with one attached hydrogen (secondary N) is 1. The summed E-state index contributed by atoms with van der Waals surface area (Å²) in [7, 11) is 0. The Kier molecular flexibility index (Phi) is 3.00. The molecule has 0 aromatic heterocycles. The van der Waals surface area contributed by atoms with E-state index in [2.05, 4.69) is 23.2 Å². The molecule has 1 aliphatic heterocycles. The van der Waals surface area contributed by atoms with E-state index in [0.29, 0.717) is 0 Å². The number of anilines is 1. The number of azo groups is 1. The standard InChI is InChI=1S/C13H12N4S/c18-13-14-16(11-7-3-1-4-8-11)17(15-13)12-9-5-2-6-10-12/h1-10,13-14H/p+1. The molecule has 0 bridgehead atoms. The molecule has 1 aliphatic rings. The molecule has 90 valence electrons. The van der Waals surface area contributed by atoms with Crippen molar-refractivity contribution in [3.8, 4) is 0 Å². The van der Waals surface area contributed by atoms with Crippen molar-refractivity contribution >= 4 is 24.0 Å². The van der Waals surface area contributed by atoms with Gasteiger partial charge in [0.1, 0.15) is 5.69 Å². The van der Waals surface area contributed by atoms with E-state index < -0.39 is 0 Å². The maximum absolute atomic E-state index is 4.43. The first-order valence-corrected chi connectivity index (χ1v) is 6.21. The number of hydrazine groups is 2. The second-order valence-corrected chi connectivity index (χ2v) is 4.38. The molecule has 0 radical (unpaired) electrons. The SMILES string of the molecule is SC1N=[N+](c2ccccc2)N(c2ccccc2)N1. The number of benzene rings is 2. The number of rotatable bonds is 2. The molecule has 0 amide bonds. The fourth-order valence-electron chi connectivity index (χ4n) is 1.84. The molecule has 2 aromatic rings. The van der Waals surface area contributed by atoms with Gasteiger partial charge >= 0.3 is 0 Å². The van der Waals surface area contributed by atoms with Gasteiger partial charge in [-0.15, -0.1) is 18.1 Å². The van der Waals surface area contributed by atoms with Gasteiger partial charge in [-0.3, -0.25) is 0 Å². The quantitative estimate of drug-likeness (QED) is 0.640. The smallest absolute Gasteiger partial charge is 0.137 e. The van der Waals surface area contributed by atoms with Crippen molar-refractivity contribution < 1.29 is 4.81 Å². The van der Waals surface area contributed by atoms with Crippen LogP contribution in [0, 0.1) is 0 Å². The van der Waals surface area contributed by atoms with E-state index in [9.17, 15) is 0 Å². The number of para-hydroxylation sites is 2. The molecule has 1 heterocycles. The third-order valence-electron chi connectivity index (χ3n) is 2.63. The van der Waals surface area contributed by atoms with Crippen molar-refractivity contribution in [2.24, 2.45) is 5.11 Å². The molecule has 1 N–H and O–H groups in total. The summed E-state index contributed by atoms with van der Waals surface area (Å²) in [6, 6.07) is 20.0. The van der Waals surface area contributed by atoms with Crippen LogP contribution in [0.1, 0.15) is 0 Å². The zero-order valence-electron chi connectivity index (χ0n) is 9.64. The van der Waals surface area contributed by atoms with Crippen molar-refractivity contribution in [2.75, 3.05) is 5.12 Å². The molecule has 4 nitrogen and oxygen atoms in total. The van der Waals surface area contributed by atoms with Gasteiger partial charge < -0.3 is 0 Å². The predicted molar refractivity (Wildman–Crippen MR) is 73.6 cm³/mol. The second-order valence-electron chi connectivity index (χ2n) is 3.89. The van der Waals surface area contributed by atoms with Crippen LogP contribution >= 0.6 is 12.6 Å². The number of hydrogen-bond acceptors (Lipinski definition) is 4. The lowest BCUT2D eigenvalue weighted by Gasteiger charge is -2.11. The lowest BCUT2D eigenvalue weighted by molar-refractivity contribution is -0.517. The molecular weight excluding hydrogens is 244 g/mol. The molecule has 2 aromatic carbocycles. The molecule has 0 fully saturated rings. The Balaban J connectivity index is 1.99. The Morgan fingerprint density at radius 2 is 1.61 bits per heavy atom. The molecule has 0 aliphatic carbocycles. The van der Waals surface area contributed by atoms with Crippen LogP contribution in [-0.4, -0.2) is 10.3 Å². The summed E-state index contributed by atoms with van der Waals surface area (Å²) in [5.41, 5.74) is 4.94. The highest BCUT2D eigenvalue weighted by Crippen LogP contribution is 2.24. The maximum Gasteiger partial charge on any atom is 0.267 e. The van der Waals surface area contributed by atoms with Crippen molar-refractivity contribution in [3.05, 3.63) is 60.7 Å². The van der Waals surface area contributed by atoms with E-state index in [1.807, 2.05) is 70.6 Å². The maximum atomic E-state index is 4.43. The molecule has 1 atom stereocenters. The first kappa shape index (κ1) is 11.3. The molecule has 0 saturated heterocycles. The summed E-state index contributed by atoms with van der Waals surface area (Å²) < 4.78 is 0. The minimum Gasteiger partial charge on any atom is -0.137 e. The monoisotopic (exact) mass is 257 g/mol. The summed E-state index contributed by atoms with van der Waals surface area (Å²) >= 11 is 4.35. The Morgan fingerprint density at radius 1 is 1.00 bits per heavy atom. The van der Waals surface area contributed by atoms with Crippen LogP contribution in [0.2, 0.25) is 0 Å². The lowest BCUT2D eigenvalue weighted by atomic mass is 10.3. The van der Waals surface area contributed by atoms with E-state index in [1.165, 1.54) is 0 Å². The zero-order chi connectivity index (χ0) is 12.4. The van der Waals surface area contributed by atoms with Gasteiger partial charge in [-0.2, -0.15) is 0 Å². The molecule has 18 heavy (non-hydrogen) atoms. The van der Waals surface area contributed by atoms with Crippen LogP contribution in [-0.2, 0) is 0 Å². The van der Waals surface area contributed by atoms with Crippen LogP contribution in [0.5, 0.6) is 0 Å². The van der Waals surface area contributed by atoms with Gasteiger partial charge in [-0.1, -0.05) is 36.4 Å². The third kappa shape index (κ3) is 2.10. The number of nitrogens with zero attached hydrogens (tertiary/aromatic N) is 3. The van der Waals surface area contributed by atoms with Crippen LogP contribution < -0.4 is 10.5 Å². The van der Waals surface area contributed by atoms with Crippen molar-refractivity contribution in [3.63, 3.8) is 0 Å². The minimum atomic E-state index is -0.245. The predicted octanol–water partition coefficient (Wildman–Crippen LogP) is 2.94. The summed E-state index contributed by atoms with van der Waals surface area (Å²) in [5.74, 6) is 0. The van der Waals surface area contributed by atoms with E-state index in [4.69, 9.17) is 0 Å². The van der Waals surface area contributed by atoms with Crippen LogP contribution in [0.15, 0.2) is 65.8 Å². The highest BCUT2D eigenvalue weighted by atomic mass is 32.1. The van der Waals surface area contributed by atoms with E-state index in [1.54, 1.807) is 0 Å². The molecule has 0 saturated carbocycles. The van der Waals surface area contributed by atoms with Crippen molar-refractivity contribution in [2.45, 2.75) is 5.50 Å². The van der Waals surface area contributed by atoms with Gasteiger partial charge in [-0.05, 0) is 17.3 Å². The van der Waals surface area contributed by atoms with Gasteiger partial charge in [-0.25, -0.2) is 0 Å². The molecule has 0 spiro atoms. The normalized spacial score (nSPS) is 18.8. The Hall–Kier alpha value is -1.85. The van der Waals surface area contributed by atoms with E-state index in [0.717, 1.165) is 11.4 Å². The van der Waals surface area contributed by atoms with E-state index >= 15 is 0 Å². The van der Waals surface area contributed by atoms with Crippen LogP contribution in [0.25, 0.3) is 0 Å². The average molecular weight is 257 g/mol. The number of hydrogen-bond donors (Lipinski definition) is 2. The van der Waals surface area contributed by atoms with Gasteiger partial charge in [0.25, 0.3) is 5.69 Å². The first-order valence-electron chi connectivity index (χ1n) is 5.70.